The van der Waals surface area contributed by atoms with Crippen LogP contribution in [0, 0.1) is 13.8 Å². The second kappa shape index (κ2) is 9.53. The van der Waals surface area contributed by atoms with Crippen LogP contribution in [-0.4, -0.2) is 12.5 Å². The van der Waals surface area contributed by atoms with Crippen molar-refractivity contribution in [3.8, 4) is 0 Å². The molecule has 150 valence electrons. The predicted octanol–water partition coefficient (Wildman–Crippen LogP) is 4.72. The number of nitrogens with one attached hydrogen (secondary N) is 1. The fraction of sp³-hybridized carbons (Fsp3) is 0.269. The topological polar surface area (TPSA) is 45.7 Å². The lowest BCUT2D eigenvalue weighted by atomic mass is 9.97. The number of nitrogens with two attached hydrogens (primary N) is 1. The number of para-hydroxylation sites is 1. The van der Waals surface area contributed by atoms with Gasteiger partial charge in [-0.3, -0.25) is 4.79 Å². The third-order valence-electron chi connectivity index (χ3n) is 5.33. The Balaban J connectivity index is 1.76. The van der Waals surface area contributed by atoms with Crippen molar-refractivity contribution in [2.75, 3.05) is 11.9 Å². The smallest absolute Gasteiger partial charge is 0.279 e. The van der Waals surface area contributed by atoms with Gasteiger partial charge in [0, 0.05) is 16.8 Å². The monoisotopic (exact) mass is 387 g/mol. The minimum Gasteiger partial charge on any atom is -0.328 e. The van der Waals surface area contributed by atoms with Gasteiger partial charge in [0.1, 0.15) is 6.04 Å². The van der Waals surface area contributed by atoms with E-state index in [4.69, 9.17) is 0 Å². The van der Waals surface area contributed by atoms with Crippen LogP contribution in [0.5, 0.6) is 0 Å². The third-order valence-corrected chi connectivity index (χ3v) is 5.33. The highest BCUT2D eigenvalue weighted by Crippen LogP contribution is 2.27. The molecule has 0 aliphatic carbocycles. The predicted molar refractivity (Wildman–Crippen MR) is 120 cm³/mol. The molecule has 0 unspecified atom stereocenters. The maximum Gasteiger partial charge on any atom is 0.279 e. The zero-order chi connectivity index (χ0) is 20.8. The molecule has 3 aromatic rings. The van der Waals surface area contributed by atoms with Crippen LogP contribution in [0.4, 0.5) is 5.69 Å². The van der Waals surface area contributed by atoms with E-state index in [2.05, 4.69) is 79.9 Å². The molecule has 0 spiro atoms. The summed E-state index contributed by atoms with van der Waals surface area (Å²) in [5, 5.41) is 5.27. The van der Waals surface area contributed by atoms with E-state index in [1.54, 1.807) is 0 Å². The number of anilines is 1. The van der Waals surface area contributed by atoms with Crippen molar-refractivity contribution in [1.82, 2.24) is 0 Å². The maximum atomic E-state index is 12.8. The summed E-state index contributed by atoms with van der Waals surface area (Å²) >= 11 is 0. The van der Waals surface area contributed by atoms with E-state index < -0.39 is 0 Å². The number of aryl methyl sites for hydroxylation is 2. The average molecular weight is 388 g/mol. The first-order valence-electron chi connectivity index (χ1n) is 10.3. The maximum absolute atomic E-state index is 12.8. The Morgan fingerprint density at radius 2 is 1.52 bits per heavy atom. The standard InChI is InChI=1S/C26H30N2O/c1-18(2)23-12-8-9-20(4)25(23)28-24(29)17-27-26(21-10-6-5-7-11-21)22-15-13-19(3)14-16-22/h5-16,18,26-27H,17H2,1-4H3,(H,28,29)/p+1/t26-/m0/s1. The first-order chi connectivity index (χ1) is 14.0. The quantitative estimate of drug-likeness (QED) is 0.605. The van der Waals surface area contributed by atoms with Crippen LogP contribution < -0.4 is 10.6 Å². The Morgan fingerprint density at radius 3 is 2.17 bits per heavy atom. The van der Waals surface area contributed by atoms with Crippen molar-refractivity contribution < 1.29 is 10.1 Å². The van der Waals surface area contributed by atoms with Gasteiger partial charge in [0.15, 0.2) is 6.54 Å². The molecule has 1 amide bonds. The molecule has 0 saturated carbocycles. The van der Waals surface area contributed by atoms with E-state index in [1.807, 2.05) is 31.2 Å². The number of rotatable bonds is 7. The van der Waals surface area contributed by atoms with E-state index in [1.165, 1.54) is 22.3 Å². The Hall–Kier alpha value is -2.91. The molecule has 0 fully saturated rings. The molecule has 0 heterocycles. The van der Waals surface area contributed by atoms with Crippen LogP contribution in [0.15, 0.2) is 72.8 Å². The van der Waals surface area contributed by atoms with E-state index in [0.717, 1.165) is 11.3 Å². The van der Waals surface area contributed by atoms with Crippen LogP contribution in [0.2, 0.25) is 0 Å². The van der Waals surface area contributed by atoms with Gasteiger partial charge in [0.2, 0.25) is 0 Å². The highest BCUT2D eigenvalue weighted by molar-refractivity contribution is 5.93. The van der Waals surface area contributed by atoms with Gasteiger partial charge in [-0.05, 0) is 30.9 Å². The molecule has 0 aliphatic rings. The number of hydrogen-bond donors (Lipinski definition) is 2. The number of benzene rings is 3. The summed E-state index contributed by atoms with van der Waals surface area (Å²) in [4.78, 5) is 12.8. The summed E-state index contributed by atoms with van der Waals surface area (Å²) in [6.07, 6.45) is 0. The summed E-state index contributed by atoms with van der Waals surface area (Å²) in [7, 11) is 0. The number of hydrogen-bond acceptors (Lipinski definition) is 1. The number of quaternary nitrogens is 1. The molecular weight excluding hydrogens is 356 g/mol. The largest absolute Gasteiger partial charge is 0.328 e. The van der Waals surface area contributed by atoms with Crippen LogP contribution in [0.25, 0.3) is 0 Å². The van der Waals surface area contributed by atoms with Gasteiger partial charge in [-0.2, -0.15) is 0 Å². The lowest BCUT2D eigenvalue weighted by molar-refractivity contribution is -0.676. The van der Waals surface area contributed by atoms with E-state index in [0.29, 0.717) is 12.5 Å². The molecule has 0 saturated heterocycles. The Labute approximate surface area is 174 Å². The molecule has 29 heavy (non-hydrogen) atoms. The lowest BCUT2D eigenvalue weighted by Gasteiger charge is -2.19. The minimum atomic E-state index is 0.0224. The van der Waals surface area contributed by atoms with Gasteiger partial charge in [0.05, 0.1) is 0 Å². The van der Waals surface area contributed by atoms with Crippen LogP contribution in [0.3, 0.4) is 0 Å². The zero-order valence-electron chi connectivity index (χ0n) is 17.8. The molecule has 0 aliphatic heterocycles. The number of carbonyl (C=O) groups excluding carboxylic acids is 1. The van der Waals surface area contributed by atoms with Crippen LogP contribution >= 0.6 is 0 Å². The highest BCUT2D eigenvalue weighted by Gasteiger charge is 2.20. The Bertz CT molecular complexity index is 946. The van der Waals surface area contributed by atoms with Crippen molar-refractivity contribution in [3.05, 3.63) is 101 Å². The Morgan fingerprint density at radius 1 is 0.862 bits per heavy atom. The molecular formula is C26H31N2O+. The molecule has 3 nitrogen and oxygen atoms in total. The van der Waals surface area contributed by atoms with E-state index >= 15 is 0 Å². The van der Waals surface area contributed by atoms with Crippen molar-refractivity contribution in [3.63, 3.8) is 0 Å². The summed E-state index contributed by atoms with van der Waals surface area (Å²) in [5.41, 5.74) is 6.86. The van der Waals surface area contributed by atoms with Gasteiger partial charge >= 0.3 is 0 Å². The summed E-state index contributed by atoms with van der Waals surface area (Å²) in [6, 6.07) is 25.2. The number of carbonyl (C=O) groups is 1. The SMILES string of the molecule is Cc1ccc([C@@H]([NH2+]CC(=O)Nc2c(C)cccc2C(C)C)c2ccccc2)cc1. The van der Waals surface area contributed by atoms with Crippen molar-refractivity contribution in [2.24, 2.45) is 0 Å². The molecule has 0 radical (unpaired) electrons. The van der Waals surface area contributed by atoms with Crippen molar-refractivity contribution in [2.45, 2.75) is 39.7 Å². The van der Waals surface area contributed by atoms with Gasteiger partial charge in [-0.25, -0.2) is 0 Å². The summed E-state index contributed by atoms with van der Waals surface area (Å²) in [6.45, 7) is 8.80. The normalized spacial score (nSPS) is 12.0. The van der Waals surface area contributed by atoms with Crippen LogP contribution in [0.1, 0.15) is 53.6 Å². The zero-order valence-corrected chi connectivity index (χ0v) is 17.8. The molecule has 3 rings (SSSR count). The fourth-order valence-corrected chi connectivity index (χ4v) is 3.66. The molecule has 0 aromatic heterocycles. The molecule has 3 heteroatoms. The minimum absolute atomic E-state index is 0.0224. The average Bonchev–Trinajstić information content (AvgIpc) is 2.71. The molecule has 1 atom stereocenters. The molecule has 0 bridgehead atoms. The second-order valence-electron chi connectivity index (χ2n) is 7.98. The third kappa shape index (κ3) is 5.33. The molecule has 3 aromatic carbocycles. The second-order valence-corrected chi connectivity index (χ2v) is 7.98. The van der Waals surface area contributed by atoms with Gasteiger partial charge < -0.3 is 10.6 Å². The fourth-order valence-electron chi connectivity index (χ4n) is 3.66. The summed E-state index contributed by atoms with van der Waals surface area (Å²) < 4.78 is 0. The first kappa shape index (κ1) is 20.8. The van der Waals surface area contributed by atoms with Gasteiger partial charge in [-0.1, -0.05) is 92.2 Å². The first-order valence-corrected chi connectivity index (χ1v) is 10.3. The Kier molecular flexibility index (Phi) is 6.84. The lowest BCUT2D eigenvalue weighted by Crippen LogP contribution is -2.87. The summed E-state index contributed by atoms with van der Waals surface area (Å²) in [5.74, 6) is 0.382. The van der Waals surface area contributed by atoms with Gasteiger partial charge in [-0.15, -0.1) is 0 Å². The van der Waals surface area contributed by atoms with Crippen LogP contribution in [-0.2, 0) is 4.79 Å². The molecule has 3 N–H and O–H groups in total. The van der Waals surface area contributed by atoms with E-state index in [-0.39, 0.29) is 11.9 Å². The van der Waals surface area contributed by atoms with Crippen molar-refractivity contribution >= 4 is 11.6 Å². The van der Waals surface area contributed by atoms with E-state index in [9.17, 15) is 4.79 Å². The van der Waals surface area contributed by atoms with Crippen molar-refractivity contribution in [1.29, 1.82) is 0 Å². The van der Waals surface area contributed by atoms with Gasteiger partial charge in [0.25, 0.3) is 5.91 Å². The highest BCUT2D eigenvalue weighted by atomic mass is 16.1. The number of amides is 1.